The van der Waals surface area contributed by atoms with Crippen LogP contribution >= 0.6 is 0 Å². The van der Waals surface area contributed by atoms with Crippen molar-refractivity contribution >= 4 is 11.5 Å². The fraction of sp³-hybridized carbons (Fsp3) is 0.545. The molecule has 4 heteroatoms. The summed E-state index contributed by atoms with van der Waals surface area (Å²) in [5.41, 5.74) is 7.31. The molecule has 0 aromatic carbocycles. The lowest BCUT2D eigenvalue weighted by Crippen LogP contribution is -2.23. The number of ether oxygens (including phenoxy) is 1. The van der Waals surface area contributed by atoms with Crippen molar-refractivity contribution in [1.29, 1.82) is 0 Å². The number of nitrogen functional groups attached to an aromatic ring is 1. The maximum absolute atomic E-state index is 5.70. The molecule has 0 atom stereocenters. The van der Waals surface area contributed by atoms with Gasteiger partial charge in [0.15, 0.2) is 0 Å². The molecule has 0 amide bonds. The Bertz CT molecular complexity index is 315. The number of rotatable bonds is 5. The third-order valence-corrected chi connectivity index (χ3v) is 2.28. The van der Waals surface area contributed by atoms with E-state index in [4.69, 9.17) is 10.5 Å². The van der Waals surface area contributed by atoms with Gasteiger partial charge in [-0.25, -0.2) is 4.98 Å². The van der Waals surface area contributed by atoms with E-state index >= 15 is 0 Å². The van der Waals surface area contributed by atoms with Crippen LogP contribution in [0.4, 0.5) is 11.5 Å². The average molecular weight is 209 g/mol. The Morgan fingerprint density at radius 1 is 1.47 bits per heavy atom. The van der Waals surface area contributed by atoms with Crippen LogP contribution in [0.3, 0.4) is 0 Å². The van der Waals surface area contributed by atoms with Crippen molar-refractivity contribution in [3.05, 3.63) is 17.8 Å². The number of aryl methyl sites for hydroxylation is 1. The van der Waals surface area contributed by atoms with Crippen LogP contribution < -0.4 is 10.6 Å². The fourth-order valence-electron chi connectivity index (χ4n) is 1.23. The number of nitrogens with two attached hydrogens (primary N) is 1. The van der Waals surface area contributed by atoms with Crippen LogP contribution in [0, 0.1) is 6.92 Å². The van der Waals surface area contributed by atoms with Gasteiger partial charge in [0.1, 0.15) is 5.82 Å². The molecule has 0 fully saturated rings. The standard InChI is InChI=1S/C11H19N3O/c1-4-15-8-7-14(3)11-6-5-10(12)9(2)13-11/h5-6H,4,7-8,12H2,1-3H3. The summed E-state index contributed by atoms with van der Waals surface area (Å²) in [6.45, 7) is 6.21. The zero-order valence-corrected chi connectivity index (χ0v) is 9.66. The molecule has 1 heterocycles. The fourth-order valence-corrected chi connectivity index (χ4v) is 1.23. The lowest BCUT2D eigenvalue weighted by atomic mass is 10.3. The second-order valence-electron chi connectivity index (χ2n) is 3.46. The van der Waals surface area contributed by atoms with Gasteiger partial charge in [-0.15, -0.1) is 0 Å². The van der Waals surface area contributed by atoms with Gasteiger partial charge in [0.05, 0.1) is 18.0 Å². The molecule has 15 heavy (non-hydrogen) atoms. The molecule has 0 aliphatic rings. The van der Waals surface area contributed by atoms with Crippen molar-refractivity contribution in [3.8, 4) is 0 Å². The van der Waals surface area contributed by atoms with Gasteiger partial charge in [-0.1, -0.05) is 0 Å². The van der Waals surface area contributed by atoms with Gasteiger partial charge in [0.25, 0.3) is 0 Å². The van der Waals surface area contributed by atoms with Gasteiger partial charge in [0.2, 0.25) is 0 Å². The predicted octanol–water partition coefficient (Wildman–Crippen LogP) is 1.44. The minimum atomic E-state index is 0.720. The largest absolute Gasteiger partial charge is 0.397 e. The quantitative estimate of drug-likeness (QED) is 0.746. The molecule has 1 aromatic rings. The molecule has 4 nitrogen and oxygen atoms in total. The van der Waals surface area contributed by atoms with Crippen LogP contribution in [-0.4, -0.2) is 31.8 Å². The molecule has 0 saturated carbocycles. The van der Waals surface area contributed by atoms with Gasteiger partial charge >= 0.3 is 0 Å². The first-order chi connectivity index (χ1) is 7.15. The Morgan fingerprint density at radius 2 is 2.20 bits per heavy atom. The molecule has 0 unspecified atom stereocenters. The van der Waals surface area contributed by atoms with Gasteiger partial charge in [-0.05, 0) is 26.0 Å². The average Bonchev–Trinajstić information content (AvgIpc) is 2.22. The minimum Gasteiger partial charge on any atom is -0.397 e. The van der Waals surface area contributed by atoms with E-state index in [2.05, 4.69) is 9.88 Å². The molecule has 84 valence electrons. The minimum absolute atomic E-state index is 0.720. The van der Waals surface area contributed by atoms with Crippen LogP contribution in [0.25, 0.3) is 0 Å². The maximum Gasteiger partial charge on any atom is 0.128 e. The molecule has 0 bridgehead atoms. The normalized spacial score (nSPS) is 10.3. The second kappa shape index (κ2) is 5.56. The van der Waals surface area contributed by atoms with Crippen molar-refractivity contribution in [2.75, 3.05) is 37.4 Å². The Morgan fingerprint density at radius 3 is 2.80 bits per heavy atom. The molecule has 0 saturated heterocycles. The second-order valence-corrected chi connectivity index (χ2v) is 3.46. The third kappa shape index (κ3) is 3.40. The van der Waals surface area contributed by atoms with E-state index in [9.17, 15) is 0 Å². The first-order valence-corrected chi connectivity index (χ1v) is 5.17. The summed E-state index contributed by atoms with van der Waals surface area (Å²) in [6, 6.07) is 3.81. The molecule has 2 N–H and O–H groups in total. The number of hydrogen-bond acceptors (Lipinski definition) is 4. The monoisotopic (exact) mass is 209 g/mol. The lowest BCUT2D eigenvalue weighted by molar-refractivity contribution is 0.154. The predicted molar refractivity (Wildman–Crippen MR) is 63.1 cm³/mol. The Balaban J connectivity index is 2.57. The molecule has 0 aliphatic heterocycles. The highest BCUT2D eigenvalue weighted by Gasteiger charge is 2.03. The zero-order chi connectivity index (χ0) is 11.3. The molecule has 0 spiro atoms. The highest BCUT2D eigenvalue weighted by atomic mass is 16.5. The zero-order valence-electron chi connectivity index (χ0n) is 9.66. The number of aromatic nitrogens is 1. The maximum atomic E-state index is 5.70. The summed E-state index contributed by atoms with van der Waals surface area (Å²) < 4.78 is 5.29. The lowest BCUT2D eigenvalue weighted by Gasteiger charge is -2.18. The van der Waals surface area contributed by atoms with E-state index in [1.165, 1.54) is 0 Å². The summed E-state index contributed by atoms with van der Waals surface area (Å²) in [5, 5.41) is 0. The van der Waals surface area contributed by atoms with Crippen LogP contribution in [0.15, 0.2) is 12.1 Å². The summed E-state index contributed by atoms with van der Waals surface area (Å²) >= 11 is 0. The molecular formula is C11H19N3O. The van der Waals surface area contributed by atoms with E-state index in [1.54, 1.807) is 0 Å². The van der Waals surface area contributed by atoms with E-state index in [1.807, 2.05) is 33.0 Å². The Kier molecular flexibility index (Phi) is 4.37. The summed E-state index contributed by atoms with van der Waals surface area (Å²) in [5.74, 6) is 0.932. The number of pyridine rings is 1. The molecule has 1 rings (SSSR count). The third-order valence-electron chi connectivity index (χ3n) is 2.28. The highest BCUT2D eigenvalue weighted by molar-refractivity contribution is 5.49. The molecule has 1 aromatic heterocycles. The molecular weight excluding hydrogens is 190 g/mol. The Hall–Kier alpha value is -1.29. The van der Waals surface area contributed by atoms with Crippen LogP contribution in [-0.2, 0) is 4.74 Å². The highest BCUT2D eigenvalue weighted by Crippen LogP contribution is 2.14. The van der Waals surface area contributed by atoms with Crippen molar-refractivity contribution in [2.45, 2.75) is 13.8 Å². The van der Waals surface area contributed by atoms with Crippen LogP contribution in [0.1, 0.15) is 12.6 Å². The van der Waals surface area contributed by atoms with Crippen LogP contribution in [0.2, 0.25) is 0 Å². The molecule has 0 aliphatic carbocycles. The number of nitrogens with zero attached hydrogens (tertiary/aromatic N) is 2. The van der Waals surface area contributed by atoms with Crippen molar-refractivity contribution in [1.82, 2.24) is 4.98 Å². The van der Waals surface area contributed by atoms with E-state index < -0.39 is 0 Å². The SMILES string of the molecule is CCOCCN(C)c1ccc(N)c(C)n1. The van der Waals surface area contributed by atoms with Crippen molar-refractivity contribution in [3.63, 3.8) is 0 Å². The smallest absolute Gasteiger partial charge is 0.128 e. The molecule has 0 radical (unpaired) electrons. The number of anilines is 2. The van der Waals surface area contributed by atoms with Gasteiger partial charge in [-0.2, -0.15) is 0 Å². The Labute approximate surface area is 91.1 Å². The first kappa shape index (κ1) is 11.8. The topological polar surface area (TPSA) is 51.4 Å². The summed E-state index contributed by atoms with van der Waals surface area (Å²) in [6.07, 6.45) is 0. The number of likely N-dealkylation sites (N-methyl/N-ethyl adjacent to an activating group) is 1. The van der Waals surface area contributed by atoms with Crippen molar-refractivity contribution in [2.24, 2.45) is 0 Å². The van der Waals surface area contributed by atoms with E-state index in [-0.39, 0.29) is 0 Å². The van der Waals surface area contributed by atoms with E-state index in [0.29, 0.717) is 0 Å². The van der Waals surface area contributed by atoms with Gasteiger partial charge in [-0.3, -0.25) is 0 Å². The first-order valence-electron chi connectivity index (χ1n) is 5.17. The van der Waals surface area contributed by atoms with Gasteiger partial charge in [0, 0.05) is 20.2 Å². The van der Waals surface area contributed by atoms with Crippen molar-refractivity contribution < 1.29 is 4.74 Å². The van der Waals surface area contributed by atoms with Crippen LogP contribution in [0.5, 0.6) is 0 Å². The number of hydrogen-bond donors (Lipinski definition) is 1. The summed E-state index contributed by atoms with van der Waals surface area (Å²) in [4.78, 5) is 6.45. The summed E-state index contributed by atoms with van der Waals surface area (Å²) in [7, 11) is 2.00. The van der Waals surface area contributed by atoms with Gasteiger partial charge < -0.3 is 15.4 Å². The van der Waals surface area contributed by atoms with E-state index in [0.717, 1.165) is 37.0 Å².